The van der Waals surface area contributed by atoms with Crippen LogP contribution in [0.4, 0.5) is 0 Å². The number of fused-ring (bicyclic) bond motifs is 3. The van der Waals surface area contributed by atoms with Crippen molar-refractivity contribution in [2.75, 3.05) is 0 Å². The molecule has 0 aliphatic heterocycles. The molecule has 0 N–H and O–H groups in total. The third-order valence-corrected chi connectivity index (χ3v) is 14.5. The fourth-order valence-electron chi connectivity index (χ4n) is 10.5. The van der Waals surface area contributed by atoms with Gasteiger partial charge in [-0.05, 0) is 87.0 Å². The average Bonchev–Trinajstić information content (AvgIpc) is 3.89. The van der Waals surface area contributed by atoms with Crippen LogP contribution in [0.15, 0.2) is 285 Å². The van der Waals surface area contributed by atoms with E-state index in [1.165, 1.54) is 33.0 Å². The maximum atomic E-state index is 5.04. The second-order valence-corrected chi connectivity index (χ2v) is 19.5. The summed E-state index contributed by atoms with van der Waals surface area (Å²) in [6.07, 6.45) is 0. The zero-order chi connectivity index (χ0) is 52.5. The van der Waals surface area contributed by atoms with Gasteiger partial charge < -0.3 is 4.57 Å². The predicted molar refractivity (Wildman–Crippen MR) is 322 cm³/mol. The van der Waals surface area contributed by atoms with Crippen LogP contribution in [-0.2, 0) is 0 Å². The normalized spacial score (nSPS) is 11.3. The van der Waals surface area contributed by atoms with Crippen molar-refractivity contribution in [3.63, 3.8) is 0 Å². The number of hydrogen-bond donors (Lipinski definition) is 0. The van der Waals surface area contributed by atoms with Gasteiger partial charge in [0, 0.05) is 49.8 Å². The molecule has 79 heavy (non-hydrogen) atoms. The average molecular weight is 1010 g/mol. The zero-order valence-electron chi connectivity index (χ0n) is 42.8. The van der Waals surface area contributed by atoms with Crippen molar-refractivity contribution in [1.29, 1.82) is 0 Å². The van der Waals surface area contributed by atoms with Crippen LogP contribution in [0, 0.1) is 0 Å². The lowest BCUT2D eigenvalue weighted by atomic mass is 9.96. The molecule has 0 spiro atoms. The Morgan fingerprint density at radius 1 is 0.177 bits per heavy atom. The topological polar surface area (TPSA) is 82.3 Å². The summed E-state index contributed by atoms with van der Waals surface area (Å²) in [5, 5.41) is 2.36. The Morgan fingerprint density at radius 2 is 0.405 bits per heavy atom. The van der Waals surface area contributed by atoms with Crippen molar-refractivity contribution in [1.82, 2.24) is 34.5 Å². The molecule has 0 aliphatic carbocycles. The maximum Gasteiger partial charge on any atom is 0.164 e. The van der Waals surface area contributed by atoms with Gasteiger partial charge in [-0.15, -0.1) is 0 Å². The Kier molecular flexibility index (Phi) is 12.1. The highest BCUT2D eigenvalue weighted by atomic mass is 15.0. The van der Waals surface area contributed by atoms with E-state index in [0.717, 1.165) is 72.4 Å². The van der Waals surface area contributed by atoms with Gasteiger partial charge >= 0.3 is 0 Å². The van der Waals surface area contributed by atoms with E-state index in [1.54, 1.807) is 0 Å². The highest BCUT2D eigenvalue weighted by Gasteiger charge is 2.19. The SMILES string of the molecule is c1ccc(-c2ccc3c(c2)c2cc(-c4ccccc4)ccc2n3-c2cc(-c3ccc(-c4nc(-c5ccccc5)nc(-c5ccccc5)n4)cc3)cc(-c3ccc(-c4nc(-c5ccccc5)nc(-c5ccccc5)n4)cc3)c2)cc1. The van der Waals surface area contributed by atoms with Gasteiger partial charge in [-0.25, -0.2) is 29.9 Å². The molecule has 0 unspecified atom stereocenters. The molecule has 0 bridgehead atoms. The third kappa shape index (κ3) is 9.32. The van der Waals surface area contributed by atoms with Crippen molar-refractivity contribution in [3.8, 4) is 119 Å². The molecular formula is C72H47N7. The first-order valence-corrected chi connectivity index (χ1v) is 26.4. The number of aromatic nitrogens is 7. The van der Waals surface area contributed by atoms with Crippen molar-refractivity contribution in [2.24, 2.45) is 0 Å². The standard InChI is InChI=1S/C72H47N7/c1-7-19-48(20-8-1)58-39-41-65-63(46-58)64-47-59(49-21-9-2-10-22-49)40-42-66(64)79(65)62-44-60(50-31-35-56(36-32-50)71-75-67(52-23-11-3-12-24-52)73-68(76-71)53-25-13-4-14-26-53)43-61(45-62)51-33-37-57(38-34-51)72-77-69(54-27-15-5-16-28-54)74-70(78-72)55-29-17-6-18-30-55/h1-47H. The van der Waals surface area contributed by atoms with E-state index in [0.29, 0.717) is 34.9 Å². The molecule has 3 heterocycles. The molecule has 0 saturated heterocycles. The molecule has 0 saturated carbocycles. The highest BCUT2D eigenvalue weighted by molar-refractivity contribution is 6.12. The lowest BCUT2D eigenvalue weighted by Crippen LogP contribution is -2.00. The number of hydrogen-bond acceptors (Lipinski definition) is 6. The van der Waals surface area contributed by atoms with Gasteiger partial charge in [-0.3, -0.25) is 0 Å². The predicted octanol–water partition coefficient (Wildman–Crippen LogP) is 17.8. The maximum absolute atomic E-state index is 5.04. The molecule has 14 rings (SSSR count). The lowest BCUT2D eigenvalue weighted by molar-refractivity contribution is 1.07. The fourth-order valence-corrected chi connectivity index (χ4v) is 10.5. The van der Waals surface area contributed by atoms with Crippen LogP contribution in [0.5, 0.6) is 0 Å². The smallest absolute Gasteiger partial charge is 0.164 e. The van der Waals surface area contributed by atoms with E-state index >= 15 is 0 Å². The molecule has 0 aliphatic rings. The van der Waals surface area contributed by atoms with Gasteiger partial charge in [0.25, 0.3) is 0 Å². The lowest BCUT2D eigenvalue weighted by Gasteiger charge is -2.15. The monoisotopic (exact) mass is 1010 g/mol. The first-order chi connectivity index (χ1) is 39.1. The van der Waals surface area contributed by atoms with Crippen LogP contribution >= 0.6 is 0 Å². The van der Waals surface area contributed by atoms with Crippen LogP contribution in [-0.4, -0.2) is 34.5 Å². The number of rotatable bonds is 11. The van der Waals surface area contributed by atoms with E-state index in [1.807, 2.05) is 121 Å². The van der Waals surface area contributed by atoms with Gasteiger partial charge in [-0.2, -0.15) is 0 Å². The summed E-state index contributed by atoms with van der Waals surface area (Å²) in [6.45, 7) is 0. The summed E-state index contributed by atoms with van der Waals surface area (Å²) >= 11 is 0. The minimum absolute atomic E-state index is 0.605. The van der Waals surface area contributed by atoms with Crippen LogP contribution in [0.2, 0.25) is 0 Å². The van der Waals surface area contributed by atoms with Crippen LogP contribution in [0.25, 0.3) is 140 Å². The minimum atomic E-state index is 0.605. The summed E-state index contributed by atoms with van der Waals surface area (Å²) < 4.78 is 2.42. The second kappa shape index (κ2) is 20.4. The third-order valence-electron chi connectivity index (χ3n) is 14.5. The minimum Gasteiger partial charge on any atom is -0.309 e. The van der Waals surface area contributed by atoms with Crippen molar-refractivity contribution >= 4 is 21.8 Å². The van der Waals surface area contributed by atoms with Crippen molar-refractivity contribution in [2.45, 2.75) is 0 Å². The molecule has 3 aromatic heterocycles. The summed E-state index contributed by atoms with van der Waals surface area (Å²) in [5.41, 5.74) is 17.7. The summed E-state index contributed by atoms with van der Waals surface area (Å²) in [6, 6.07) is 99.5. The van der Waals surface area contributed by atoms with Gasteiger partial charge in [0.15, 0.2) is 34.9 Å². The van der Waals surface area contributed by atoms with Crippen molar-refractivity contribution in [3.05, 3.63) is 285 Å². The first kappa shape index (κ1) is 46.7. The summed E-state index contributed by atoms with van der Waals surface area (Å²) in [5.74, 6) is 3.71. The quantitative estimate of drug-likeness (QED) is 0.128. The number of nitrogens with zero attached hydrogens (tertiary/aromatic N) is 7. The van der Waals surface area contributed by atoms with E-state index < -0.39 is 0 Å². The second-order valence-electron chi connectivity index (χ2n) is 19.5. The molecule has 0 amide bonds. The number of benzene rings is 11. The van der Waals surface area contributed by atoms with E-state index in [4.69, 9.17) is 29.9 Å². The first-order valence-electron chi connectivity index (χ1n) is 26.4. The zero-order valence-corrected chi connectivity index (χ0v) is 42.8. The van der Waals surface area contributed by atoms with Crippen molar-refractivity contribution < 1.29 is 0 Å². The Morgan fingerprint density at radius 3 is 0.696 bits per heavy atom. The van der Waals surface area contributed by atoms with E-state index in [-0.39, 0.29) is 0 Å². The van der Waals surface area contributed by atoms with Crippen LogP contribution in [0.1, 0.15) is 0 Å². The molecule has 0 radical (unpaired) electrons. The Balaban J connectivity index is 0.924. The van der Waals surface area contributed by atoms with Gasteiger partial charge in [0.2, 0.25) is 0 Å². The molecule has 0 fully saturated rings. The Labute approximate surface area is 457 Å². The molecule has 11 aromatic carbocycles. The van der Waals surface area contributed by atoms with E-state index in [2.05, 4.69) is 168 Å². The molecule has 7 heteroatoms. The summed E-state index contributed by atoms with van der Waals surface area (Å²) in [4.78, 5) is 30.1. The fraction of sp³-hybridized carbons (Fsp3) is 0. The summed E-state index contributed by atoms with van der Waals surface area (Å²) in [7, 11) is 0. The van der Waals surface area contributed by atoms with Gasteiger partial charge in [0.1, 0.15) is 0 Å². The van der Waals surface area contributed by atoms with Gasteiger partial charge in [-0.1, -0.05) is 243 Å². The highest BCUT2D eigenvalue weighted by Crippen LogP contribution is 2.40. The van der Waals surface area contributed by atoms with Crippen LogP contribution < -0.4 is 0 Å². The van der Waals surface area contributed by atoms with Crippen LogP contribution in [0.3, 0.4) is 0 Å². The molecule has 7 nitrogen and oxygen atoms in total. The molecule has 370 valence electrons. The Hall–Kier alpha value is -10.8. The largest absolute Gasteiger partial charge is 0.309 e. The van der Waals surface area contributed by atoms with Gasteiger partial charge in [0.05, 0.1) is 11.0 Å². The molecule has 0 atom stereocenters. The molecular weight excluding hydrogens is 963 g/mol. The molecule has 14 aromatic rings. The Bertz CT molecular complexity index is 4070. The van der Waals surface area contributed by atoms with E-state index in [9.17, 15) is 0 Å².